The van der Waals surface area contributed by atoms with Crippen molar-refractivity contribution in [2.24, 2.45) is 0 Å². The van der Waals surface area contributed by atoms with Gasteiger partial charge in [0, 0.05) is 17.3 Å². The number of carbonyl (C=O) groups is 1. The Hall–Kier alpha value is -2.20. The smallest absolute Gasteiger partial charge is 0.322 e. The summed E-state index contributed by atoms with van der Waals surface area (Å²) in [4.78, 5) is 14.2. The first-order valence-electron chi connectivity index (χ1n) is 7.55. The summed E-state index contributed by atoms with van der Waals surface area (Å²) < 4.78 is 0. The fourth-order valence-corrected chi connectivity index (χ4v) is 2.60. The number of urea groups is 1. The topological polar surface area (TPSA) is 52.6 Å². The molecule has 2 aromatic carbocycles. The Balaban J connectivity index is 2.16. The Labute approximate surface area is 141 Å². The van der Waals surface area contributed by atoms with Crippen LogP contribution >= 0.6 is 11.6 Å². The summed E-state index contributed by atoms with van der Waals surface area (Å²) >= 11 is 6.09. The van der Waals surface area contributed by atoms with Crippen molar-refractivity contribution in [2.45, 2.75) is 26.8 Å². The zero-order valence-electron chi connectivity index (χ0n) is 13.5. The predicted octanol–water partition coefficient (Wildman–Crippen LogP) is 4.97. The molecule has 1 unspecified atom stereocenters. The minimum Gasteiger partial charge on any atom is -0.508 e. The number of carbonyl (C=O) groups excluding carboxylic acids is 1. The summed E-state index contributed by atoms with van der Waals surface area (Å²) in [6.07, 6.45) is 0. The Kier molecular flexibility index (Phi) is 5.50. The van der Waals surface area contributed by atoms with Crippen LogP contribution in [0, 0.1) is 6.92 Å². The molecule has 5 heteroatoms. The molecule has 2 rings (SSSR count). The average molecular weight is 333 g/mol. The molecule has 2 N–H and O–H groups in total. The molecule has 0 aliphatic rings. The SMILES string of the molecule is CCN(C(=O)Nc1ccc(C)c(Cl)c1)C(C)c1cccc(O)c1. The van der Waals surface area contributed by atoms with Crippen molar-refractivity contribution in [3.8, 4) is 5.75 Å². The second-order valence-corrected chi connectivity index (χ2v) is 5.86. The van der Waals surface area contributed by atoms with E-state index >= 15 is 0 Å². The van der Waals surface area contributed by atoms with Gasteiger partial charge in [0.2, 0.25) is 0 Å². The van der Waals surface area contributed by atoms with Gasteiger partial charge in [-0.2, -0.15) is 0 Å². The summed E-state index contributed by atoms with van der Waals surface area (Å²) in [5, 5.41) is 13.1. The van der Waals surface area contributed by atoms with E-state index in [1.54, 1.807) is 29.2 Å². The summed E-state index contributed by atoms with van der Waals surface area (Å²) in [5.74, 6) is 0.191. The predicted molar refractivity (Wildman–Crippen MR) is 94.1 cm³/mol. The van der Waals surface area contributed by atoms with Crippen LogP contribution in [-0.2, 0) is 0 Å². The van der Waals surface area contributed by atoms with Crippen LogP contribution in [0.1, 0.15) is 31.0 Å². The maximum absolute atomic E-state index is 12.5. The lowest BCUT2D eigenvalue weighted by molar-refractivity contribution is 0.197. The molecule has 0 heterocycles. The number of halogens is 1. The van der Waals surface area contributed by atoms with Crippen molar-refractivity contribution in [1.29, 1.82) is 0 Å². The maximum Gasteiger partial charge on any atom is 0.322 e. The Morgan fingerprint density at radius 3 is 2.65 bits per heavy atom. The molecule has 0 fully saturated rings. The maximum atomic E-state index is 12.5. The Bertz CT molecular complexity index is 703. The van der Waals surface area contributed by atoms with Gasteiger partial charge in [-0.05, 0) is 56.2 Å². The number of phenols is 1. The number of phenolic OH excluding ortho intramolecular Hbond substituents is 1. The Morgan fingerprint density at radius 2 is 2.04 bits per heavy atom. The summed E-state index contributed by atoms with van der Waals surface area (Å²) in [7, 11) is 0. The molecule has 0 radical (unpaired) electrons. The molecular weight excluding hydrogens is 312 g/mol. The molecule has 2 amide bonds. The third-order valence-electron chi connectivity index (χ3n) is 3.84. The van der Waals surface area contributed by atoms with E-state index in [4.69, 9.17) is 11.6 Å². The van der Waals surface area contributed by atoms with Crippen molar-refractivity contribution < 1.29 is 9.90 Å². The molecular formula is C18H21ClN2O2. The first kappa shape index (κ1) is 17.2. The third-order valence-corrected chi connectivity index (χ3v) is 4.25. The van der Waals surface area contributed by atoms with Crippen LogP contribution in [-0.4, -0.2) is 22.6 Å². The van der Waals surface area contributed by atoms with E-state index in [0.29, 0.717) is 17.3 Å². The van der Waals surface area contributed by atoms with Crippen molar-refractivity contribution >= 4 is 23.3 Å². The van der Waals surface area contributed by atoms with Gasteiger partial charge in [-0.15, -0.1) is 0 Å². The van der Waals surface area contributed by atoms with Crippen LogP contribution in [0.2, 0.25) is 5.02 Å². The van der Waals surface area contributed by atoms with Crippen LogP contribution in [0.5, 0.6) is 5.75 Å². The minimum absolute atomic E-state index is 0.159. The molecule has 1 atom stereocenters. The van der Waals surface area contributed by atoms with Gasteiger partial charge in [-0.25, -0.2) is 4.79 Å². The highest BCUT2D eigenvalue weighted by Crippen LogP contribution is 2.25. The highest BCUT2D eigenvalue weighted by Gasteiger charge is 2.20. The standard InChI is InChI=1S/C18H21ClN2O2/c1-4-21(13(3)14-6-5-7-16(22)10-14)18(23)20-15-9-8-12(2)17(19)11-15/h5-11,13,22H,4H2,1-3H3,(H,20,23). The lowest BCUT2D eigenvalue weighted by Crippen LogP contribution is -2.36. The van der Waals surface area contributed by atoms with Crippen molar-refractivity contribution in [3.05, 3.63) is 58.6 Å². The van der Waals surface area contributed by atoms with Crippen LogP contribution in [0.3, 0.4) is 0 Å². The van der Waals surface area contributed by atoms with E-state index in [0.717, 1.165) is 11.1 Å². The first-order chi connectivity index (χ1) is 10.9. The number of hydrogen-bond acceptors (Lipinski definition) is 2. The number of amides is 2. The number of hydrogen-bond donors (Lipinski definition) is 2. The van der Waals surface area contributed by atoms with Crippen LogP contribution < -0.4 is 5.32 Å². The second kappa shape index (κ2) is 7.38. The third kappa shape index (κ3) is 4.17. The van der Waals surface area contributed by atoms with Crippen molar-refractivity contribution in [1.82, 2.24) is 4.90 Å². The molecule has 4 nitrogen and oxygen atoms in total. The zero-order valence-corrected chi connectivity index (χ0v) is 14.3. The molecule has 0 saturated heterocycles. The average Bonchev–Trinajstić information content (AvgIpc) is 2.51. The molecule has 23 heavy (non-hydrogen) atoms. The second-order valence-electron chi connectivity index (χ2n) is 5.45. The van der Waals surface area contributed by atoms with Gasteiger partial charge < -0.3 is 15.3 Å². The zero-order chi connectivity index (χ0) is 17.0. The quantitative estimate of drug-likeness (QED) is 0.830. The number of nitrogens with one attached hydrogen (secondary N) is 1. The van der Waals surface area contributed by atoms with Gasteiger partial charge in [-0.1, -0.05) is 29.8 Å². The van der Waals surface area contributed by atoms with Gasteiger partial charge in [0.15, 0.2) is 0 Å². The van der Waals surface area contributed by atoms with Crippen LogP contribution in [0.15, 0.2) is 42.5 Å². The molecule has 0 bridgehead atoms. The van der Waals surface area contributed by atoms with Gasteiger partial charge >= 0.3 is 6.03 Å². The van der Waals surface area contributed by atoms with Gasteiger partial charge in [0.1, 0.15) is 5.75 Å². The highest BCUT2D eigenvalue weighted by molar-refractivity contribution is 6.31. The number of aryl methyl sites for hydroxylation is 1. The van der Waals surface area contributed by atoms with E-state index < -0.39 is 0 Å². The van der Waals surface area contributed by atoms with Crippen molar-refractivity contribution in [3.63, 3.8) is 0 Å². The molecule has 2 aromatic rings. The largest absolute Gasteiger partial charge is 0.508 e. The first-order valence-corrected chi connectivity index (χ1v) is 7.93. The summed E-state index contributed by atoms with van der Waals surface area (Å²) in [6.45, 7) is 6.31. The highest BCUT2D eigenvalue weighted by atomic mass is 35.5. The normalized spacial score (nSPS) is 11.8. The van der Waals surface area contributed by atoms with E-state index in [-0.39, 0.29) is 17.8 Å². The van der Waals surface area contributed by atoms with E-state index in [9.17, 15) is 9.90 Å². The monoisotopic (exact) mass is 332 g/mol. The van der Waals surface area contributed by atoms with Crippen molar-refractivity contribution in [2.75, 3.05) is 11.9 Å². The Morgan fingerprint density at radius 1 is 1.30 bits per heavy atom. The number of aromatic hydroxyl groups is 1. The molecule has 0 aromatic heterocycles. The van der Waals surface area contributed by atoms with E-state index in [1.807, 2.05) is 39.0 Å². The molecule has 0 aliphatic heterocycles. The van der Waals surface area contributed by atoms with Gasteiger partial charge in [0.25, 0.3) is 0 Å². The number of rotatable bonds is 4. The number of anilines is 1. The fraction of sp³-hybridized carbons (Fsp3) is 0.278. The lowest BCUT2D eigenvalue weighted by Gasteiger charge is -2.28. The lowest BCUT2D eigenvalue weighted by atomic mass is 10.1. The van der Waals surface area contributed by atoms with Gasteiger partial charge in [0.05, 0.1) is 6.04 Å². The number of nitrogens with zero attached hydrogens (tertiary/aromatic N) is 1. The summed E-state index contributed by atoms with van der Waals surface area (Å²) in [5.41, 5.74) is 2.50. The van der Waals surface area contributed by atoms with Crippen LogP contribution in [0.25, 0.3) is 0 Å². The molecule has 0 spiro atoms. The van der Waals surface area contributed by atoms with E-state index in [1.165, 1.54) is 0 Å². The molecule has 122 valence electrons. The van der Waals surface area contributed by atoms with Gasteiger partial charge in [-0.3, -0.25) is 0 Å². The fourth-order valence-electron chi connectivity index (χ4n) is 2.42. The number of benzene rings is 2. The van der Waals surface area contributed by atoms with Crippen LogP contribution in [0.4, 0.5) is 10.5 Å². The summed E-state index contributed by atoms with van der Waals surface area (Å²) in [6, 6.07) is 12.0. The molecule has 0 aliphatic carbocycles. The van der Waals surface area contributed by atoms with E-state index in [2.05, 4.69) is 5.32 Å². The minimum atomic E-state index is -0.205. The molecule has 0 saturated carbocycles.